The summed E-state index contributed by atoms with van der Waals surface area (Å²) in [5, 5.41) is 21.5. The average molecular weight is 651 g/mol. The van der Waals surface area contributed by atoms with Crippen LogP contribution in [0.4, 0.5) is 0 Å². The molecule has 0 unspecified atom stereocenters. The molecule has 0 spiro atoms. The fourth-order valence-corrected chi connectivity index (χ4v) is 7.07. The number of rotatable bonds is 29. The van der Waals surface area contributed by atoms with Crippen molar-refractivity contribution in [1.29, 1.82) is 0 Å². The number of carbonyl (C=O) groups excluding carboxylic acids is 2. The zero-order valence-corrected chi connectivity index (χ0v) is 29.9. The molecular formula is C39H70O7. The predicted molar refractivity (Wildman–Crippen MR) is 186 cm³/mol. The Morgan fingerprint density at radius 3 is 1.80 bits per heavy atom. The normalized spacial score (nSPS) is 21.6. The molecule has 0 saturated carbocycles. The van der Waals surface area contributed by atoms with Gasteiger partial charge in [0.25, 0.3) is 0 Å². The first-order valence-corrected chi connectivity index (χ1v) is 19.4. The zero-order chi connectivity index (χ0) is 33.4. The molecule has 7 heteroatoms. The van der Waals surface area contributed by atoms with Gasteiger partial charge in [0.1, 0.15) is 12.2 Å². The van der Waals surface area contributed by atoms with Crippen LogP contribution in [0.5, 0.6) is 0 Å². The van der Waals surface area contributed by atoms with Gasteiger partial charge >= 0.3 is 11.9 Å². The third-order valence-corrected chi connectivity index (χ3v) is 9.83. The number of esters is 2. The van der Waals surface area contributed by atoms with Crippen LogP contribution in [-0.4, -0.2) is 58.8 Å². The van der Waals surface area contributed by atoms with Crippen LogP contribution in [0.25, 0.3) is 0 Å². The molecule has 0 aromatic carbocycles. The van der Waals surface area contributed by atoms with Gasteiger partial charge in [-0.2, -0.15) is 0 Å². The van der Waals surface area contributed by atoms with E-state index >= 15 is 0 Å². The van der Waals surface area contributed by atoms with Gasteiger partial charge in [-0.15, -0.1) is 0 Å². The van der Waals surface area contributed by atoms with Crippen LogP contribution < -0.4 is 0 Å². The highest BCUT2D eigenvalue weighted by atomic mass is 16.6. The van der Waals surface area contributed by atoms with E-state index in [0.717, 1.165) is 69.8 Å². The van der Waals surface area contributed by atoms with Gasteiger partial charge in [-0.3, -0.25) is 4.79 Å². The number of carbonyl (C=O) groups is 2. The van der Waals surface area contributed by atoms with E-state index in [1.54, 1.807) is 0 Å². The maximum atomic E-state index is 11.8. The summed E-state index contributed by atoms with van der Waals surface area (Å²) in [6.07, 6.45) is 28.6. The van der Waals surface area contributed by atoms with E-state index in [1.807, 2.05) is 13.0 Å². The van der Waals surface area contributed by atoms with Crippen LogP contribution in [-0.2, 0) is 23.8 Å². The van der Waals surface area contributed by atoms with Crippen molar-refractivity contribution in [2.75, 3.05) is 0 Å². The molecule has 0 bridgehead atoms. The highest BCUT2D eigenvalue weighted by Gasteiger charge is 2.37. The molecule has 2 rings (SSSR count). The summed E-state index contributed by atoms with van der Waals surface area (Å²) in [6.45, 7) is 5.57. The van der Waals surface area contributed by atoms with E-state index in [4.69, 9.17) is 14.2 Å². The van der Waals surface area contributed by atoms with Crippen LogP contribution in [0.3, 0.4) is 0 Å². The summed E-state index contributed by atoms with van der Waals surface area (Å²) in [5.74, 6) is -0.480. The zero-order valence-electron chi connectivity index (χ0n) is 29.9. The van der Waals surface area contributed by atoms with Crippen molar-refractivity contribution in [1.82, 2.24) is 0 Å². The molecular weight excluding hydrogens is 580 g/mol. The number of unbranched alkanes of at least 4 members (excludes halogenated alkanes) is 18. The molecule has 6 atom stereocenters. The van der Waals surface area contributed by atoms with Crippen molar-refractivity contribution in [3.8, 4) is 0 Å². The highest BCUT2D eigenvalue weighted by molar-refractivity contribution is 5.90. The van der Waals surface area contributed by atoms with Gasteiger partial charge in [-0.05, 0) is 51.5 Å². The van der Waals surface area contributed by atoms with Crippen molar-refractivity contribution >= 4 is 11.9 Å². The Kier molecular flexibility index (Phi) is 22.6. The van der Waals surface area contributed by atoms with E-state index in [-0.39, 0.29) is 30.3 Å². The quantitative estimate of drug-likeness (QED) is 0.0614. The summed E-state index contributed by atoms with van der Waals surface area (Å²) in [5.41, 5.74) is 0.852. The third-order valence-electron chi connectivity index (χ3n) is 9.83. The first kappa shape index (κ1) is 40.7. The van der Waals surface area contributed by atoms with Crippen molar-refractivity contribution in [2.24, 2.45) is 0 Å². The largest absolute Gasteiger partial charge is 0.460 e. The smallest absolute Gasteiger partial charge is 0.334 e. The second-order valence-corrected chi connectivity index (χ2v) is 14.2. The Bertz CT molecular complexity index is 827. The summed E-state index contributed by atoms with van der Waals surface area (Å²) < 4.78 is 17.0. The molecule has 2 N–H and O–H groups in total. The topological polar surface area (TPSA) is 102 Å². The molecule has 0 aromatic rings. The summed E-state index contributed by atoms with van der Waals surface area (Å²) in [7, 11) is 0. The molecule has 0 radical (unpaired) electrons. The number of hydrogen-bond acceptors (Lipinski definition) is 7. The summed E-state index contributed by atoms with van der Waals surface area (Å²) >= 11 is 0. The molecule has 0 amide bonds. The number of hydrogen-bond donors (Lipinski definition) is 2. The molecule has 2 aliphatic heterocycles. The van der Waals surface area contributed by atoms with E-state index in [2.05, 4.69) is 6.92 Å². The molecule has 268 valence electrons. The SMILES string of the molecule is CCCCCCCCCCCC[C@H](O)[C@H]1CC[C@H]([C@@H](C[C@H](O)CCCCCCCCCCCCC2=C[C@H](C)OC2=O)OC(C)=O)O1. The minimum Gasteiger partial charge on any atom is -0.460 e. The van der Waals surface area contributed by atoms with Gasteiger partial charge in [0.2, 0.25) is 0 Å². The highest BCUT2D eigenvalue weighted by Crippen LogP contribution is 2.30. The Morgan fingerprint density at radius 1 is 0.783 bits per heavy atom. The van der Waals surface area contributed by atoms with Gasteiger partial charge in [-0.1, -0.05) is 129 Å². The van der Waals surface area contributed by atoms with Crippen LogP contribution in [0, 0.1) is 0 Å². The molecule has 0 aliphatic carbocycles. The number of aliphatic hydroxyl groups is 2. The van der Waals surface area contributed by atoms with Crippen LogP contribution in [0.15, 0.2) is 11.6 Å². The molecule has 1 saturated heterocycles. The summed E-state index contributed by atoms with van der Waals surface area (Å²) in [6, 6.07) is 0. The lowest BCUT2D eigenvalue weighted by molar-refractivity contribution is -0.159. The van der Waals surface area contributed by atoms with Crippen molar-refractivity contribution < 1.29 is 34.0 Å². The molecule has 1 fully saturated rings. The van der Waals surface area contributed by atoms with Gasteiger partial charge in [-0.25, -0.2) is 4.79 Å². The minimum atomic E-state index is -0.520. The molecule has 0 aromatic heterocycles. The average Bonchev–Trinajstić information content (AvgIpc) is 3.64. The Labute approximate surface area is 281 Å². The van der Waals surface area contributed by atoms with Crippen molar-refractivity contribution in [3.05, 3.63) is 11.6 Å². The predicted octanol–water partition coefficient (Wildman–Crippen LogP) is 9.44. The van der Waals surface area contributed by atoms with Gasteiger partial charge < -0.3 is 24.4 Å². The summed E-state index contributed by atoms with van der Waals surface area (Å²) in [4.78, 5) is 23.5. The van der Waals surface area contributed by atoms with Crippen molar-refractivity contribution in [2.45, 2.75) is 224 Å². The first-order chi connectivity index (χ1) is 22.3. The molecule has 2 heterocycles. The molecule has 46 heavy (non-hydrogen) atoms. The molecule has 7 nitrogen and oxygen atoms in total. The second kappa shape index (κ2) is 25.6. The van der Waals surface area contributed by atoms with E-state index in [1.165, 1.54) is 96.8 Å². The lowest BCUT2D eigenvalue weighted by Gasteiger charge is -2.27. The van der Waals surface area contributed by atoms with E-state index in [9.17, 15) is 19.8 Å². The fourth-order valence-electron chi connectivity index (χ4n) is 7.07. The van der Waals surface area contributed by atoms with Crippen molar-refractivity contribution in [3.63, 3.8) is 0 Å². The van der Waals surface area contributed by atoms with Gasteiger partial charge in [0.05, 0.1) is 24.4 Å². The van der Waals surface area contributed by atoms with Gasteiger partial charge in [0, 0.05) is 18.9 Å². The Balaban J connectivity index is 1.48. The lowest BCUT2D eigenvalue weighted by Crippen LogP contribution is -2.36. The monoisotopic (exact) mass is 651 g/mol. The standard InChI is InChI=1S/C39H70O7/c1-4-5-6-7-8-9-14-17-20-23-26-35(42)36-27-28-37(46-36)38(45-32(3)40)30-34(41)25-22-19-16-13-11-10-12-15-18-21-24-33-29-31(2)44-39(33)43/h29,31,34-38,41-42H,4-28,30H2,1-3H3/t31-,34+,35-,36+,37+,38+/m0/s1. The Hall–Kier alpha value is -1.44. The number of cyclic esters (lactones) is 1. The number of aliphatic hydroxyl groups excluding tert-OH is 2. The second-order valence-electron chi connectivity index (χ2n) is 14.2. The minimum absolute atomic E-state index is 0.0624. The Morgan fingerprint density at radius 2 is 1.28 bits per heavy atom. The maximum absolute atomic E-state index is 11.8. The van der Waals surface area contributed by atoms with E-state index < -0.39 is 18.3 Å². The maximum Gasteiger partial charge on any atom is 0.334 e. The van der Waals surface area contributed by atoms with Crippen LogP contribution in [0.1, 0.15) is 188 Å². The van der Waals surface area contributed by atoms with Crippen LogP contribution >= 0.6 is 0 Å². The number of ether oxygens (including phenoxy) is 3. The fraction of sp³-hybridized carbons (Fsp3) is 0.897. The van der Waals surface area contributed by atoms with Gasteiger partial charge in [0.15, 0.2) is 0 Å². The van der Waals surface area contributed by atoms with Crippen LogP contribution in [0.2, 0.25) is 0 Å². The third kappa shape index (κ3) is 18.8. The molecule has 2 aliphatic rings. The first-order valence-electron chi connectivity index (χ1n) is 19.4. The lowest BCUT2D eigenvalue weighted by atomic mass is 9.98. The van der Waals surface area contributed by atoms with E-state index in [0.29, 0.717) is 12.8 Å².